The largest absolute Gasteiger partial charge is 0.486 e. The Bertz CT molecular complexity index is 500. The van der Waals surface area contributed by atoms with Gasteiger partial charge < -0.3 is 4.74 Å². The molecule has 112 valence electrons. The Hall–Kier alpha value is -0.750. The highest BCUT2D eigenvalue weighted by molar-refractivity contribution is 9.10. The molecule has 0 N–H and O–H groups in total. The molecule has 0 spiro atoms. The first-order chi connectivity index (χ1) is 9.16. The third-order valence-corrected chi connectivity index (χ3v) is 4.19. The number of nitro groups is 1. The first-order valence-electron chi connectivity index (χ1n) is 6.35. The Morgan fingerprint density at radius 1 is 1.45 bits per heavy atom. The van der Waals surface area contributed by atoms with Gasteiger partial charge in [0.1, 0.15) is 0 Å². The van der Waals surface area contributed by atoms with Crippen LogP contribution in [0, 0.1) is 28.4 Å². The van der Waals surface area contributed by atoms with Crippen LogP contribution < -0.4 is 4.74 Å². The molecule has 20 heavy (non-hydrogen) atoms. The molecule has 1 atom stereocenters. The SMILES string of the molecule is Cc1cc(Br)cc([N+](=O)[O-])c1OCC(CS)C(C)(C)C. The number of nitro benzene ring substituents is 1. The number of ether oxygens (including phenoxy) is 1. The number of thiol groups is 1. The highest BCUT2D eigenvalue weighted by atomic mass is 79.9. The number of aryl methyl sites for hydroxylation is 1. The predicted octanol–water partition coefficient (Wildman–Crippen LogP) is 4.64. The molecule has 0 aliphatic rings. The minimum Gasteiger partial charge on any atom is -0.486 e. The summed E-state index contributed by atoms with van der Waals surface area (Å²) in [4.78, 5) is 10.7. The van der Waals surface area contributed by atoms with E-state index in [4.69, 9.17) is 4.74 Å². The van der Waals surface area contributed by atoms with Crippen molar-refractivity contribution >= 4 is 34.2 Å². The molecule has 0 bridgehead atoms. The van der Waals surface area contributed by atoms with Gasteiger partial charge in [-0.25, -0.2) is 0 Å². The quantitative estimate of drug-likeness (QED) is 0.472. The molecule has 0 aliphatic carbocycles. The topological polar surface area (TPSA) is 52.4 Å². The van der Waals surface area contributed by atoms with Crippen molar-refractivity contribution in [1.29, 1.82) is 0 Å². The van der Waals surface area contributed by atoms with Crippen LogP contribution in [0.1, 0.15) is 26.3 Å². The second kappa shape index (κ2) is 6.80. The van der Waals surface area contributed by atoms with Gasteiger partial charge in [-0.15, -0.1) is 0 Å². The molecule has 1 rings (SSSR count). The van der Waals surface area contributed by atoms with Crippen LogP contribution in [-0.2, 0) is 0 Å². The molecule has 0 saturated heterocycles. The van der Waals surface area contributed by atoms with Crippen molar-refractivity contribution in [1.82, 2.24) is 0 Å². The number of halogens is 1. The lowest BCUT2D eigenvalue weighted by Gasteiger charge is -2.29. The number of nitrogens with zero attached hydrogens (tertiary/aromatic N) is 1. The van der Waals surface area contributed by atoms with Gasteiger partial charge >= 0.3 is 5.69 Å². The van der Waals surface area contributed by atoms with Crippen LogP contribution in [0.2, 0.25) is 0 Å². The maximum absolute atomic E-state index is 11.1. The van der Waals surface area contributed by atoms with Crippen molar-refractivity contribution in [3.8, 4) is 5.75 Å². The Kier molecular flexibility index (Phi) is 5.89. The highest BCUT2D eigenvalue weighted by Crippen LogP contribution is 2.35. The zero-order valence-corrected chi connectivity index (χ0v) is 14.6. The van der Waals surface area contributed by atoms with Crippen molar-refractivity contribution in [2.24, 2.45) is 11.3 Å². The van der Waals surface area contributed by atoms with E-state index in [-0.39, 0.29) is 17.0 Å². The summed E-state index contributed by atoms with van der Waals surface area (Å²) in [5.74, 6) is 1.23. The Morgan fingerprint density at radius 2 is 2.05 bits per heavy atom. The van der Waals surface area contributed by atoms with Gasteiger partial charge in [-0.3, -0.25) is 10.1 Å². The summed E-state index contributed by atoms with van der Waals surface area (Å²) < 4.78 is 6.43. The number of hydrogen-bond acceptors (Lipinski definition) is 4. The minimum absolute atomic E-state index is 0.0105. The van der Waals surface area contributed by atoms with Gasteiger partial charge in [-0.2, -0.15) is 12.6 Å². The molecule has 4 nitrogen and oxygen atoms in total. The molecular formula is C14H20BrNO3S. The summed E-state index contributed by atoms with van der Waals surface area (Å²) in [6, 6.07) is 3.28. The Balaban J connectivity index is 3.01. The van der Waals surface area contributed by atoms with E-state index in [2.05, 4.69) is 49.3 Å². The fourth-order valence-corrected chi connectivity index (χ4v) is 3.01. The van der Waals surface area contributed by atoms with Gasteiger partial charge in [-0.1, -0.05) is 36.7 Å². The second-order valence-electron chi connectivity index (χ2n) is 5.88. The molecule has 0 saturated carbocycles. The van der Waals surface area contributed by atoms with E-state index in [0.717, 1.165) is 5.56 Å². The molecular weight excluding hydrogens is 342 g/mol. The van der Waals surface area contributed by atoms with Gasteiger partial charge in [-0.05, 0) is 29.7 Å². The smallest absolute Gasteiger partial charge is 0.312 e. The molecule has 1 unspecified atom stereocenters. The van der Waals surface area contributed by atoms with E-state index >= 15 is 0 Å². The fraction of sp³-hybridized carbons (Fsp3) is 0.571. The van der Waals surface area contributed by atoms with E-state index in [1.165, 1.54) is 6.07 Å². The lowest BCUT2D eigenvalue weighted by atomic mass is 9.82. The van der Waals surface area contributed by atoms with Crippen LogP contribution in [0.15, 0.2) is 16.6 Å². The molecule has 0 amide bonds. The molecule has 1 aromatic carbocycles. The van der Waals surface area contributed by atoms with E-state index in [1.54, 1.807) is 6.92 Å². The molecule has 1 aromatic rings. The van der Waals surface area contributed by atoms with Crippen LogP contribution in [-0.4, -0.2) is 17.3 Å². The summed E-state index contributed by atoms with van der Waals surface area (Å²) in [7, 11) is 0. The van der Waals surface area contributed by atoms with E-state index in [9.17, 15) is 10.1 Å². The van der Waals surface area contributed by atoms with Gasteiger partial charge in [0.05, 0.1) is 11.5 Å². The summed E-state index contributed by atoms with van der Waals surface area (Å²) in [5, 5.41) is 11.1. The number of benzene rings is 1. The van der Waals surface area contributed by atoms with Gasteiger partial charge in [0.2, 0.25) is 0 Å². The van der Waals surface area contributed by atoms with Crippen LogP contribution >= 0.6 is 28.6 Å². The van der Waals surface area contributed by atoms with Gasteiger partial charge in [0, 0.05) is 16.5 Å². The van der Waals surface area contributed by atoms with Gasteiger partial charge in [0.25, 0.3) is 0 Å². The molecule has 0 aromatic heterocycles. The molecule has 0 fully saturated rings. The Labute approximate surface area is 133 Å². The zero-order valence-electron chi connectivity index (χ0n) is 12.1. The van der Waals surface area contributed by atoms with E-state index in [0.29, 0.717) is 22.6 Å². The average molecular weight is 362 g/mol. The maximum Gasteiger partial charge on any atom is 0.312 e. The zero-order chi connectivity index (χ0) is 15.5. The van der Waals surface area contributed by atoms with E-state index < -0.39 is 4.92 Å². The number of hydrogen-bond donors (Lipinski definition) is 1. The third kappa shape index (κ3) is 4.38. The third-order valence-electron chi connectivity index (χ3n) is 3.29. The van der Waals surface area contributed by atoms with Crippen LogP contribution in [0.25, 0.3) is 0 Å². The van der Waals surface area contributed by atoms with Crippen molar-refractivity contribution < 1.29 is 9.66 Å². The normalized spacial score (nSPS) is 13.1. The highest BCUT2D eigenvalue weighted by Gasteiger charge is 2.26. The molecule has 6 heteroatoms. The summed E-state index contributed by atoms with van der Waals surface area (Å²) in [6.45, 7) is 8.55. The predicted molar refractivity (Wildman–Crippen MR) is 87.8 cm³/mol. The minimum atomic E-state index is -0.417. The van der Waals surface area contributed by atoms with E-state index in [1.807, 2.05) is 6.07 Å². The van der Waals surface area contributed by atoms with Gasteiger partial charge in [0.15, 0.2) is 5.75 Å². The molecule has 0 heterocycles. The van der Waals surface area contributed by atoms with Crippen LogP contribution in [0.4, 0.5) is 5.69 Å². The van der Waals surface area contributed by atoms with Crippen molar-refractivity contribution in [3.63, 3.8) is 0 Å². The molecule has 0 radical (unpaired) electrons. The lowest BCUT2D eigenvalue weighted by Crippen LogP contribution is -2.28. The summed E-state index contributed by atoms with van der Waals surface area (Å²) >= 11 is 7.61. The van der Waals surface area contributed by atoms with Crippen molar-refractivity contribution in [3.05, 3.63) is 32.3 Å². The van der Waals surface area contributed by atoms with Crippen molar-refractivity contribution in [2.75, 3.05) is 12.4 Å². The van der Waals surface area contributed by atoms with Crippen molar-refractivity contribution in [2.45, 2.75) is 27.7 Å². The maximum atomic E-state index is 11.1. The monoisotopic (exact) mass is 361 g/mol. The summed E-state index contributed by atoms with van der Waals surface area (Å²) in [5.41, 5.74) is 0.779. The first-order valence-corrected chi connectivity index (χ1v) is 7.77. The van der Waals surface area contributed by atoms with Crippen LogP contribution in [0.5, 0.6) is 5.75 Å². The fourth-order valence-electron chi connectivity index (χ4n) is 1.80. The molecule has 0 aliphatic heterocycles. The second-order valence-corrected chi connectivity index (χ2v) is 7.17. The Morgan fingerprint density at radius 3 is 2.50 bits per heavy atom. The average Bonchev–Trinajstić information content (AvgIpc) is 2.29. The summed E-state index contributed by atoms with van der Waals surface area (Å²) in [6.07, 6.45) is 0. The lowest BCUT2D eigenvalue weighted by molar-refractivity contribution is -0.386. The first kappa shape index (κ1) is 17.3. The number of rotatable bonds is 5. The van der Waals surface area contributed by atoms with Crippen LogP contribution in [0.3, 0.4) is 0 Å². The standard InChI is InChI=1S/C14H20BrNO3S/c1-9-5-11(15)6-12(16(17)18)13(9)19-7-10(8-20)14(2,3)4/h5-6,10,20H,7-8H2,1-4H3.